The molecular weight excluding hydrogens is 324 g/mol. The first kappa shape index (κ1) is 18.2. The first-order valence-electron chi connectivity index (χ1n) is 7.82. The van der Waals surface area contributed by atoms with E-state index < -0.39 is 6.10 Å². The van der Waals surface area contributed by atoms with Crippen molar-refractivity contribution in [1.29, 1.82) is 0 Å². The second kappa shape index (κ2) is 9.19. The summed E-state index contributed by atoms with van der Waals surface area (Å²) in [5, 5.41) is 19.5. The minimum atomic E-state index is -0.614. The maximum absolute atomic E-state index is 10.2. The Bertz CT molecular complexity index is 643. The van der Waals surface area contributed by atoms with Crippen molar-refractivity contribution in [1.82, 2.24) is 20.6 Å². The van der Waals surface area contributed by atoms with Crippen LogP contribution in [0.5, 0.6) is 0 Å². The highest BCUT2D eigenvalue weighted by atomic mass is 32.1. The second-order valence-electron chi connectivity index (χ2n) is 5.39. The molecule has 0 aromatic carbocycles. The number of thiazole rings is 1. The van der Waals surface area contributed by atoms with Crippen molar-refractivity contribution in [3.63, 3.8) is 0 Å². The van der Waals surface area contributed by atoms with E-state index in [0.29, 0.717) is 19.0 Å². The van der Waals surface area contributed by atoms with Crippen molar-refractivity contribution in [2.45, 2.75) is 19.6 Å². The number of aliphatic imine (C=N–C) groups is 1. The molecule has 0 aliphatic rings. The summed E-state index contributed by atoms with van der Waals surface area (Å²) < 4.78 is 0. The van der Waals surface area contributed by atoms with Gasteiger partial charge in [-0.1, -0.05) is 0 Å². The number of nitrogens with zero attached hydrogens (tertiary/aromatic N) is 4. The molecule has 3 N–H and O–H groups in total. The predicted octanol–water partition coefficient (Wildman–Crippen LogP) is 1.39. The van der Waals surface area contributed by atoms with Gasteiger partial charge in [-0.3, -0.25) is 4.98 Å². The molecule has 1 unspecified atom stereocenters. The van der Waals surface area contributed by atoms with Gasteiger partial charge in [0.2, 0.25) is 0 Å². The Hall–Kier alpha value is -2.19. The number of hydrogen-bond donors (Lipinski definition) is 3. The van der Waals surface area contributed by atoms with E-state index in [9.17, 15) is 5.11 Å². The van der Waals surface area contributed by atoms with Crippen LogP contribution >= 0.6 is 11.3 Å². The third-order valence-corrected chi connectivity index (χ3v) is 4.28. The minimum absolute atomic E-state index is 0.371. The van der Waals surface area contributed by atoms with Crippen molar-refractivity contribution in [3.05, 3.63) is 41.2 Å². The van der Waals surface area contributed by atoms with Crippen molar-refractivity contribution < 1.29 is 5.11 Å². The second-order valence-corrected chi connectivity index (χ2v) is 6.22. The highest BCUT2D eigenvalue weighted by molar-refractivity contribution is 7.13. The molecule has 0 spiro atoms. The van der Waals surface area contributed by atoms with Crippen LogP contribution in [0.1, 0.15) is 24.3 Å². The SMILES string of the molecule is CCNC(=NCc1csc(N(C)C)n1)NCC(O)c1ccncc1. The molecule has 24 heavy (non-hydrogen) atoms. The van der Waals surface area contributed by atoms with Crippen LogP contribution in [0, 0.1) is 0 Å². The Morgan fingerprint density at radius 1 is 1.33 bits per heavy atom. The number of pyridine rings is 1. The quantitative estimate of drug-likeness (QED) is 0.518. The molecule has 2 aromatic rings. The molecule has 7 nitrogen and oxygen atoms in total. The molecule has 0 saturated carbocycles. The molecule has 0 amide bonds. The number of aliphatic hydroxyl groups excluding tert-OH is 1. The van der Waals surface area contributed by atoms with Crippen molar-refractivity contribution in [2.24, 2.45) is 4.99 Å². The van der Waals surface area contributed by atoms with Gasteiger partial charge in [0.15, 0.2) is 11.1 Å². The highest BCUT2D eigenvalue weighted by Crippen LogP contribution is 2.18. The van der Waals surface area contributed by atoms with E-state index in [0.717, 1.165) is 22.9 Å². The largest absolute Gasteiger partial charge is 0.387 e. The van der Waals surface area contributed by atoms with Gasteiger partial charge in [0.05, 0.1) is 18.3 Å². The third kappa shape index (κ3) is 5.47. The van der Waals surface area contributed by atoms with Crippen molar-refractivity contribution in [3.8, 4) is 0 Å². The first-order valence-corrected chi connectivity index (χ1v) is 8.70. The van der Waals surface area contributed by atoms with E-state index in [1.54, 1.807) is 35.9 Å². The summed E-state index contributed by atoms with van der Waals surface area (Å²) in [6, 6.07) is 3.60. The average molecular weight is 348 g/mol. The fraction of sp³-hybridized carbons (Fsp3) is 0.438. The summed E-state index contributed by atoms with van der Waals surface area (Å²) in [6.45, 7) is 3.61. The Balaban J connectivity index is 1.92. The number of guanidine groups is 1. The summed E-state index contributed by atoms with van der Waals surface area (Å²) >= 11 is 1.60. The zero-order chi connectivity index (χ0) is 17.4. The lowest BCUT2D eigenvalue weighted by atomic mass is 10.1. The lowest BCUT2D eigenvalue weighted by molar-refractivity contribution is 0.180. The number of anilines is 1. The molecule has 0 bridgehead atoms. The summed E-state index contributed by atoms with van der Waals surface area (Å²) in [7, 11) is 3.94. The van der Waals surface area contributed by atoms with E-state index in [1.165, 1.54) is 0 Å². The van der Waals surface area contributed by atoms with Gasteiger partial charge in [-0.05, 0) is 24.6 Å². The molecule has 8 heteroatoms. The maximum atomic E-state index is 10.2. The fourth-order valence-electron chi connectivity index (χ4n) is 1.97. The lowest BCUT2D eigenvalue weighted by Gasteiger charge is -2.15. The van der Waals surface area contributed by atoms with Gasteiger partial charge in [-0.15, -0.1) is 11.3 Å². The standard InChI is InChI=1S/C16H24N6OS/c1-4-18-15(19-9-13-11-24-16(21-13)22(2)3)20-10-14(23)12-5-7-17-8-6-12/h5-8,11,14,23H,4,9-10H2,1-3H3,(H2,18,19,20). The number of aromatic nitrogens is 2. The van der Waals surface area contributed by atoms with Gasteiger partial charge < -0.3 is 20.6 Å². The van der Waals surface area contributed by atoms with Gasteiger partial charge in [0.25, 0.3) is 0 Å². The number of aliphatic hydroxyl groups is 1. The molecule has 0 aliphatic carbocycles. The van der Waals surface area contributed by atoms with Crippen LogP contribution < -0.4 is 15.5 Å². The van der Waals surface area contributed by atoms with Crippen LogP contribution in [0.25, 0.3) is 0 Å². The van der Waals surface area contributed by atoms with Crippen LogP contribution in [0.15, 0.2) is 34.9 Å². The molecule has 0 saturated heterocycles. The average Bonchev–Trinajstić information content (AvgIpc) is 3.07. The lowest BCUT2D eigenvalue weighted by Crippen LogP contribution is -2.39. The Labute approximate surface area is 146 Å². The van der Waals surface area contributed by atoms with Crippen LogP contribution in [0.4, 0.5) is 5.13 Å². The minimum Gasteiger partial charge on any atom is -0.387 e. The van der Waals surface area contributed by atoms with E-state index >= 15 is 0 Å². The molecule has 2 aromatic heterocycles. The van der Waals surface area contributed by atoms with Gasteiger partial charge in [0, 0.05) is 45.0 Å². The van der Waals surface area contributed by atoms with Crippen molar-refractivity contribution in [2.75, 3.05) is 32.1 Å². The summed E-state index contributed by atoms with van der Waals surface area (Å²) in [4.78, 5) is 15.0. The van der Waals surface area contributed by atoms with Gasteiger partial charge in [-0.2, -0.15) is 0 Å². The van der Waals surface area contributed by atoms with E-state index in [2.05, 4.69) is 25.6 Å². The van der Waals surface area contributed by atoms with Gasteiger partial charge >= 0.3 is 0 Å². The monoisotopic (exact) mass is 348 g/mol. The van der Waals surface area contributed by atoms with Crippen LogP contribution in [-0.2, 0) is 6.54 Å². The smallest absolute Gasteiger partial charge is 0.191 e. The topological polar surface area (TPSA) is 85.7 Å². The third-order valence-electron chi connectivity index (χ3n) is 3.22. The predicted molar refractivity (Wildman–Crippen MR) is 98.5 cm³/mol. The van der Waals surface area contributed by atoms with Crippen LogP contribution in [0.3, 0.4) is 0 Å². The molecule has 0 fully saturated rings. The highest BCUT2D eigenvalue weighted by Gasteiger charge is 2.08. The summed E-state index contributed by atoms with van der Waals surface area (Å²) in [5.41, 5.74) is 1.75. The Morgan fingerprint density at radius 2 is 2.08 bits per heavy atom. The number of hydrogen-bond acceptors (Lipinski definition) is 6. The van der Waals surface area contributed by atoms with Crippen LogP contribution in [-0.4, -0.2) is 48.2 Å². The number of nitrogens with one attached hydrogen (secondary N) is 2. The summed E-state index contributed by atoms with van der Waals surface area (Å²) in [5.74, 6) is 0.657. The van der Waals surface area contributed by atoms with Gasteiger partial charge in [0.1, 0.15) is 0 Å². The molecule has 2 rings (SSSR count). The van der Waals surface area contributed by atoms with Crippen LogP contribution in [0.2, 0.25) is 0 Å². The van der Waals surface area contributed by atoms with Gasteiger partial charge in [-0.25, -0.2) is 9.98 Å². The van der Waals surface area contributed by atoms with E-state index in [-0.39, 0.29) is 0 Å². The Kier molecular flexibility index (Phi) is 6.95. The number of rotatable bonds is 7. The molecule has 2 heterocycles. The first-order chi connectivity index (χ1) is 11.6. The maximum Gasteiger partial charge on any atom is 0.191 e. The van der Waals surface area contributed by atoms with E-state index in [4.69, 9.17) is 0 Å². The molecule has 0 aliphatic heterocycles. The van der Waals surface area contributed by atoms with Crippen molar-refractivity contribution >= 4 is 22.4 Å². The summed E-state index contributed by atoms with van der Waals surface area (Å²) in [6.07, 6.45) is 2.72. The zero-order valence-corrected chi connectivity index (χ0v) is 15.0. The normalized spacial score (nSPS) is 12.8. The molecule has 1 atom stereocenters. The van der Waals surface area contributed by atoms with E-state index in [1.807, 2.05) is 31.3 Å². The molecule has 0 radical (unpaired) electrons. The molecule has 130 valence electrons. The zero-order valence-electron chi connectivity index (χ0n) is 14.2. The Morgan fingerprint density at radius 3 is 2.71 bits per heavy atom. The fourth-order valence-corrected chi connectivity index (χ4v) is 2.72. The molecular formula is C16H24N6OS.